The zero-order chi connectivity index (χ0) is 27.8. The second kappa shape index (κ2) is 11.1. The highest BCUT2D eigenvalue weighted by Gasteiger charge is 2.58. The molecule has 4 rings (SSSR count). The van der Waals surface area contributed by atoms with Crippen molar-refractivity contribution in [1.82, 2.24) is 10.6 Å². The summed E-state index contributed by atoms with van der Waals surface area (Å²) >= 11 is 12.5. The molecule has 1 saturated carbocycles. The Morgan fingerprint density at radius 2 is 1.87 bits per heavy atom. The predicted octanol–water partition coefficient (Wildman–Crippen LogP) is 5.55. The van der Waals surface area contributed by atoms with E-state index in [2.05, 4.69) is 16.0 Å². The number of aliphatic hydroxyl groups excluding tert-OH is 1. The largest absolute Gasteiger partial charge is 0.393 e. The van der Waals surface area contributed by atoms with Crippen molar-refractivity contribution in [2.75, 3.05) is 12.4 Å². The van der Waals surface area contributed by atoms with Gasteiger partial charge in [-0.2, -0.15) is 0 Å². The molecular weight excluding hydrogens is 528 g/mol. The zero-order valence-electron chi connectivity index (χ0n) is 22.2. The molecule has 0 spiro atoms. The van der Waals surface area contributed by atoms with Crippen LogP contribution in [0.25, 0.3) is 0 Å². The summed E-state index contributed by atoms with van der Waals surface area (Å²) in [5.41, 5.74) is -0.276. The Labute approximate surface area is 233 Å². The maximum Gasteiger partial charge on any atom is 0.238 e. The Hall–Kier alpha value is -2.19. The minimum absolute atomic E-state index is 0.0790. The number of hydrogen-bond acceptors (Lipinski definition) is 4. The molecule has 2 amide bonds. The molecule has 2 aliphatic rings. The molecule has 0 bridgehead atoms. The first-order chi connectivity index (χ1) is 17.9. The van der Waals surface area contributed by atoms with Crippen LogP contribution in [-0.4, -0.2) is 42.2 Å². The first-order valence-electron chi connectivity index (χ1n) is 13.1. The van der Waals surface area contributed by atoms with Gasteiger partial charge < -0.3 is 21.1 Å². The van der Waals surface area contributed by atoms with E-state index in [1.165, 1.54) is 6.07 Å². The molecule has 2 aromatic rings. The summed E-state index contributed by atoms with van der Waals surface area (Å²) < 4.78 is 15.9. The smallest absolute Gasteiger partial charge is 0.238 e. The van der Waals surface area contributed by atoms with Crippen LogP contribution >= 0.6 is 23.2 Å². The maximum absolute atomic E-state index is 15.9. The van der Waals surface area contributed by atoms with Crippen molar-refractivity contribution in [3.63, 3.8) is 0 Å². The average Bonchev–Trinajstić information content (AvgIpc) is 3.10. The molecule has 1 aliphatic heterocycles. The van der Waals surface area contributed by atoms with Crippen LogP contribution in [0.5, 0.6) is 0 Å². The summed E-state index contributed by atoms with van der Waals surface area (Å²) in [5.74, 6) is -2.25. The number of carbonyl (C=O) groups excluding carboxylic acids is 2. The second-order valence-electron chi connectivity index (χ2n) is 11.8. The third-order valence-corrected chi connectivity index (χ3v) is 8.27. The molecule has 0 aromatic heterocycles. The number of benzene rings is 2. The lowest BCUT2D eigenvalue weighted by Crippen LogP contribution is -2.57. The van der Waals surface area contributed by atoms with Crippen LogP contribution in [0.1, 0.15) is 69.9 Å². The number of fused-ring (bicyclic) bond motifs is 1. The first kappa shape index (κ1) is 28.8. The standard InChI is InChI=1S/C29H36Cl2FN3O3/c1-28(2,3)15-29(20-13-8-16(30)14-22(20)35-27(29)38)23(19-6-5-7-21(31)24(19)32)25(33-4)26(37)34-17-9-11-18(36)12-10-17/h5-8,13-14,17-18,23,25,33,36H,9-12,15H2,1-4H3,(H,34,37)(H,35,38)/t17-,18-,23?,25?,29-/m0/s1. The Bertz CT molecular complexity index is 1210. The highest BCUT2D eigenvalue weighted by atomic mass is 35.5. The van der Waals surface area contributed by atoms with Crippen LogP contribution < -0.4 is 16.0 Å². The van der Waals surface area contributed by atoms with Crippen LogP contribution in [0.15, 0.2) is 36.4 Å². The Kier molecular flexibility index (Phi) is 8.43. The molecule has 1 aliphatic carbocycles. The average molecular weight is 565 g/mol. The highest BCUT2D eigenvalue weighted by molar-refractivity contribution is 6.31. The number of rotatable bonds is 7. The van der Waals surface area contributed by atoms with Crippen molar-refractivity contribution in [3.8, 4) is 0 Å². The van der Waals surface area contributed by atoms with Gasteiger partial charge in [-0.3, -0.25) is 9.59 Å². The molecule has 4 N–H and O–H groups in total. The van der Waals surface area contributed by atoms with Crippen LogP contribution in [-0.2, 0) is 15.0 Å². The van der Waals surface area contributed by atoms with Crippen molar-refractivity contribution in [2.24, 2.45) is 5.41 Å². The number of carbonyl (C=O) groups is 2. The molecule has 1 fully saturated rings. The molecule has 3 atom stereocenters. The zero-order valence-corrected chi connectivity index (χ0v) is 23.7. The van der Waals surface area contributed by atoms with E-state index in [0.717, 1.165) is 0 Å². The molecule has 206 valence electrons. The van der Waals surface area contributed by atoms with Gasteiger partial charge in [-0.25, -0.2) is 4.39 Å². The Balaban J connectivity index is 1.91. The second-order valence-corrected chi connectivity index (χ2v) is 12.6. The summed E-state index contributed by atoms with van der Waals surface area (Å²) in [6.07, 6.45) is 2.47. The van der Waals surface area contributed by atoms with Gasteiger partial charge in [0.2, 0.25) is 11.8 Å². The number of halogens is 3. The van der Waals surface area contributed by atoms with Crippen molar-refractivity contribution in [3.05, 3.63) is 63.4 Å². The summed E-state index contributed by atoms with van der Waals surface area (Å²) in [6.45, 7) is 6.05. The summed E-state index contributed by atoms with van der Waals surface area (Å²) in [4.78, 5) is 28.1. The predicted molar refractivity (Wildman–Crippen MR) is 149 cm³/mol. The van der Waals surface area contributed by atoms with Crippen LogP contribution in [0.2, 0.25) is 10.0 Å². The number of likely N-dealkylation sites (N-methyl/N-ethyl adjacent to an activating group) is 1. The fraction of sp³-hybridized carbons (Fsp3) is 0.517. The van der Waals surface area contributed by atoms with E-state index in [9.17, 15) is 14.7 Å². The summed E-state index contributed by atoms with van der Waals surface area (Å²) in [5, 5.41) is 19.5. The van der Waals surface area contributed by atoms with E-state index in [1.54, 1.807) is 37.4 Å². The van der Waals surface area contributed by atoms with Gasteiger partial charge >= 0.3 is 0 Å². The lowest BCUT2D eigenvalue weighted by molar-refractivity contribution is -0.128. The molecule has 0 saturated heterocycles. The third kappa shape index (κ3) is 5.57. The van der Waals surface area contributed by atoms with Gasteiger partial charge in [0.1, 0.15) is 5.82 Å². The Morgan fingerprint density at radius 1 is 1.18 bits per heavy atom. The maximum atomic E-state index is 15.9. The van der Waals surface area contributed by atoms with Crippen LogP contribution in [0.3, 0.4) is 0 Å². The normalized spacial score (nSPS) is 24.9. The van der Waals surface area contributed by atoms with E-state index in [-0.39, 0.29) is 40.0 Å². The quantitative estimate of drug-likeness (QED) is 0.355. The number of amides is 2. The molecular formula is C29H36Cl2FN3O3. The van der Waals surface area contributed by atoms with Gasteiger partial charge in [0, 0.05) is 22.7 Å². The van der Waals surface area contributed by atoms with Crippen LogP contribution in [0, 0.1) is 11.2 Å². The van der Waals surface area contributed by atoms with Gasteiger partial charge in [-0.1, -0.05) is 62.2 Å². The third-order valence-electron chi connectivity index (χ3n) is 7.74. The van der Waals surface area contributed by atoms with Gasteiger partial charge in [-0.15, -0.1) is 0 Å². The number of nitrogens with one attached hydrogen (secondary N) is 3. The lowest BCUT2D eigenvalue weighted by Gasteiger charge is -2.44. The van der Waals surface area contributed by atoms with E-state index >= 15 is 4.39 Å². The molecule has 6 nitrogen and oxygen atoms in total. The highest BCUT2D eigenvalue weighted by Crippen LogP contribution is 2.55. The monoisotopic (exact) mass is 563 g/mol. The van der Waals surface area contributed by atoms with E-state index in [1.807, 2.05) is 20.8 Å². The minimum atomic E-state index is -1.31. The minimum Gasteiger partial charge on any atom is -0.393 e. The number of aliphatic hydroxyl groups is 1. The fourth-order valence-corrected chi connectivity index (χ4v) is 6.60. The molecule has 2 unspecified atom stereocenters. The summed E-state index contributed by atoms with van der Waals surface area (Å²) in [7, 11) is 1.64. The SMILES string of the molecule is CNC(C(=O)N[C@H]1CC[C@H](O)CC1)C(c1cccc(Cl)c1F)[C@@]1(CC(C)(C)C)C(=O)Nc2cc(Cl)ccc21. The van der Waals surface area contributed by atoms with Crippen molar-refractivity contribution >= 4 is 40.7 Å². The van der Waals surface area contributed by atoms with Gasteiger partial charge in [0.05, 0.1) is 22.6 Å². The molecule has 0 radical (unpaired) electrons. The molecule has 38 heavy (non-hydrogen) atoms. The van der Waals surface area contributed by atoms with Crippen molar-refractivity contribution in [2.45, 2.75) is 82.4 Å². The Morgan fingerprint density at radius 3 is 2.50 bits per heavy atom. The van der Waals surface area contributed by atoms with E-state index in [0.29, 0.717) is 48.4 Å². The lowest BCUT2D eigenvalue weighted by atomic mass is 9.59. The summed E-state index contributed by atoms with van der Waals surface area (Å²) in [6, 6.07) is 8.81. The van der Waals surface area contributed by atoms with Gasteiger partial charge in [0.25, 0.3) is 0 Å². The number of hydrogen-bond donors (Lipinski definition) is 4. The molecule has 1 heterocycles. The van der Waals surface area contributed by atoms with Gasteiger partial charge in [-0.05, 0) is 73.9 Å². The van der Waals surface area contributed by atoms with Crippen molar-refractivity contribution in [1.29, 1.82) is 0 Å². The first-order valence-corrected chi connectivity index (χ1v) is 13.8. The van der Waals surface area contributed by atoms with Crippen molar-refractivity contribution < 1.29 is 19.1 Å². The molecule has 2 aromatic carbocycles. The van der Waals surface area contributed by atoms with E-state index in [4.69, 9.17) is 23.2 Å². The van der Waals surface area contributed by atoms with E-state index < -0.39 is 23.2 Å². The topological polar surface area (TPSA) is 90.5 Å². The molecule has 9 heteroatoms. The van der Waals surface area contributed by atoms with Crippen LogP contribution in [0.4, 0.5) is 10.1 Å². The fourth-order valence-electron chi connectivity index (χ4n) is 6.25. The van der Waals surface area contributed by atoms with Gasteiger partial charge in [0.15, 0.2) is 0 Å². The number of anilines is 1.